The molecule has 1 unspecified atom stereocenters. The fraction of sp³-hybridized carbons (Fsp3) is 0.143. The van der Waals surface area contributed by atoms with Crippen molar-refractivity contribution in [2.45, 2.75) is 12.5 Å². The lowest BCUT2D eigenvalue weighted by Crippen LogP contribution is -2.05. The van der Waals surface area contributed by atoms with Gasteiger partial charge in [-0.2, -0.15) is 0 Å². The Kier molecular flexibility index (Phi) is 3.90. The summed E-state index contributed by atoms with van der Waals surface area (Å²) in [5.74, 6) is -1.29. The Labute approximate surface area is 130 Å². The lowest BCUT2D eigenvalue weighted by atomic mass is 10.1. The second-order valence-electron chi connectivity index (χ2n) is 4.34. The van der Waals surface area contributed by atoms with Crippen LogP contribution in [0.3, 0.4) is 0 Å². The number of benzene rings is 1. The maximum atomic E-state index is 13.9. The number of halogens is 3. The highest BCUT2D eigenvalue weighted by molar-refractivity contribution is 9.10. The quantitative estimate of drug-likeness (QED) is 0.618. The molecule has 1 atom stereocenters. The van der Waals surface area contributed by atoms with E-state index in [4.69, 9.17) is 0 Å². The van der Waals surface area contributed by atoms with Crippen molar-refractivity contribution in [1.29, 1.82) is 0 Å². The molecule has 0 saturated carbocycles. The van der Waals surface area contributed by atoms with Gasteiger partial charge in [-0.25, -0.2) is 8.78 Å². The van der Waals surface area contributed by atoms with Crippen molar-refractivity contribution in [3.05, 3.63) is 56.2 Å². The normalized spacial score (nSPS) is 13.0. The number of aliphatic hydroxyl groups is 1. The van der Waals surface area contributed by atoms with Crippen molar-refractivity contribution in [1.82, 2.24) is 0 Å². The van der Waals surface area contributed by atoms with Crippen molar-refractivity contribution in [2.24, 2.45) is 0 Å². The third-order valence-corrected chi connectivity index (χ3v) is 5.83. The van der Waals surface area contributed by atoms with Crippen molar-refractivity contribution >= 4 is 48.0 Å². The molecule has 1 N–H and O–H groups in total. The van der Waals surface area contributed by atoms with Gasteiger partial charge in [0, 0.05) is 26.3 Å². The van der Waals surface area contributed by atoms with E-state index in [2.05, 4.69) is 15.9 Å². The van der Waals surface area contributed by atoms with Crippen LogP contribution in [0.2, 0.25) is 0 Å². The van der Waals surface area contributed by atoms with Gasteiger partial charge in [0.2, 0.25) is 0 Å². The summed E-state index contributed by atoms with van der Waals surface area (Å²) in [4.78, 5) is 0.727. The fourth-order valence-electron chi connectivity index (χ4n) is 2.00. The molecule has 3 aromatic rings. The van der Waals surface area contributed by atoms with E-state index < -0.39 is 17.7 Å². The van der Waals surface area contributed by atoms with E-state index in [9.17, 15) is 13.9 Å². The summed E-state index contributed by atoms with van der Waals surface area (Å²) in [7, 11) is 0. The molecule has 0 fully saturated rings. The molecule has 1 aromatic carbocycles. The van der Waals surface area contributed by atoms with Gasteiger partial charge in [0.15, 0.2) is 0 Å². The Morgan fingerprint density at radius 2 is 2.00 bits per heavy atom. The number of hydrogen-bond donors (Lipinski definition) is 1. The highest BCUT2D eigenvalue weighted by Gasteiger charge is 2.19. The topological polar surface area (TPSA) is 20.2 Å². The maximum absolute atomic E-state index is 13.9. The minimum Gasteiger partial charge on any atom is -0.387 e. The second kappa shape index (κ2) is 5.52. The van der Waals surface area contributed by atoms with Gasteiger partial charge in [-0.05, 0) is 45.6 Å². The van der Waals surface area contributed by atoms with Crippen molar-refractivity contribution in [2.75, 3.05) is 0 Å². The summed E-state index contributed by atoms with van der Waals surface area (Å²) in [6.07, 6.45) is -0.983. The monoisotopic (exact) mass is 374 g/mol. The van der Waals surface area contributed by atoms with Gasteiger partial charge in [-0.15, -0.1) is 22.7 Å². The number of aliphatic hydroxyl groups excluding tert-OH is 1. The summed E-state index contributed by atoms with van der Waals surface area (Å²) in [5.41, 5.74) is -0.0939. The Bertz CT molecular complexity index is 737. The van der Waals surface area contributed by atoms with Crippen molar-refractivity contribution in [3.8, 4) is 0 Å². The zero-order chi connectivity index (χ0) is 14.3. The molecule has 0 aliphatic rings. The maximum Gasteiger partial charge on any atom is 0.143 e. The molecule has 0 aliphatic carbocycles. The average Bonchev–Trinajstić information content (AvgIpc) is 3.00. The minimum absolute atomic E-state index is 0.0785. The summed E-state index contributed by atoms with van der Waals surface area (Å²) < 4.78 is 29.9. The summed E-state index contributed by atoms with van der Waals surface area (Å²) >= 11 is 6.06. The molecule has 0 spiro atoms. The van der Waals surface area contributed by atoms with Crippen molar-refractivity contribution in [3.63, 3.8) is 0 Å². The van der Waals surface area contributed by atoms with E-state index in [1.807, 2.05) is 17.5 Å². The Balaban J connectivity index is 1.91. The first-order chi connectivity index (χ1) is 9.56. The minimum atomic E-state index is -0.905. The number of rotatable bonds is 3. The van der Waals surface area contributed by atoms with Crippen LogP contribution in [-0.4, -0.2) is 5.11 Å². The van der Waals surface area contributed by atoms with E-state index >= 15 is 0 Å². The van der Waals surface area contributed by atoms with E-state index in [0.29, 0.717) is 0 Å². The fourth-order valence-corrected chi connectivity index (χ4v) is 4.48. The molecule has 20 heavy (non-hydrogen) atoms. The molecule has 1 nitrogen and oxygen atoms in total. The molecule has 6 heteroatoms. The van der Waals surface area contributed by atoms with Crippen LogP contribution in [0.4, 0.5) is 8.78 Å². The second-order valence-corrected chi connectivity index (χ2v) is 7.26. The van der Waals surface area contributed by atoms with Crippen LogP contribution in [-0.2, 0) is 6.42 Å². The molecule has 2 heterocycles. The SMILES string of the molecule is OC(Cc1c(F)ccc(Br)c1F)c1cc2sccc2s1. The highest BCUT2D eigenvalue weighted by Crippen LogP contribution is 2.35. The highest BCUT2D eigenvalue weighted by atomic mass is 79.9. The standard InChI is InChI=1S/C14H9BrF2OS2/c15-8-1-2-9(16)7(14(8)17)5-10(18)12-6-13-11(20-12)3-4-19-13/h1-4,6,10,18H,5H2. The van der Waals surface area contributed by atoms with Crippen LogP contribution in [0, 0.1) is 11.6 Å². The molecule has 104 valence electrons. The first-order valence-electron chi connectivity index (χ1n) is 5.83. The van der Waals surface area contributed by atoms with Gasteiger partial charge in [0.25, 0.3) is 0 Å². The predicted octanol–water partition coefficient (Wildman–Crippen LogP) is 5.28. The van der Waals surface area contributed by atoms with Crippen LogP contribution < -0.4 is 0 Å². The van der Waals surface area contributed by atoms with Gasteiger partial charge in [0.1, 0.15) is 11.6 Å². The zero-order valence-electron chi connectivity index (χ0n) is 10.1. The summed E-state index contributed by atoms with van der Waals surface area (Å²) in [6, 6.07) is 6.37. The predicted molar refractivity (Wildman–Crippen MR) is 82.4 cm³/mol. The lowest BCUT2D eigenvalue weighted by Gasteiger charge is -2.11. The van der Waals surface area contributed by atoms with E-state index in [1.54, 1.807) is 11.3 Å². The number of fused-ring (bicyclic) bond motifs is 1. The van der Waals surface area contributed by atoms with Gasteiger partial charge >= 0.3 is 0 Å². The van der Waals surface area contributed by atoms with E-state index in [0.717, 1.165) is 14.3 Å². The van der Waals surface area contributed by atoms with E-state index in [-0.39, 0.29) is 16.5 Å². The van der Waals surface area contributed by atoms with Gasteiger partial charge in [0.05, 0.1) is 10.6 Å². The molecule has 0 bridgehead atoms. The molecule has 0 aliphatic heterocycles. The van der Waals surface area contributed by atoms with Gasteiger partial charge < -0.3 is 5.11 Å². The van der Waals surface area contributed by atoms with Crippen molar-refractivity contribution < 1.29 is 13.9 Å². The largest absolute Gasteiger partial charge is 0.387 e. The lowest BCUT2D eigenvalue weighted by molar-refractivity contribution is 0.179. The summed E-state index contributed by atoms with van der Waals surface area (Å²) in [6.45, 7) is 0. The molecule has 0 saturated heterocycles. The first-order valence-corrected chi connectivity index (χ1v) is 8.32. The van der Waals surface area contributed by atoms with E-state index in [1.165, 1.54) is 23.5 Å². The van der Waals surface area contributed by atoms with Crippen LogP contribution in [0.15, 0.2) is 34.1 Å². The smallest absolute Gasteiger partial charge is 0.143 e. The molecule has 0 radical (unpaired) electrons. The molecule has 3 rings (SSSR count). The van der Waals surface area contributed by atoms with Gasteiger partial charge in [-0.3, -0.25) is 0 Å². The third-order valence-electron chi connectivity index (χ3n) is 3.02. The number of thiophene rings is 2. The van der Waals surface area contributed by atoms with Crippen LogP contribution in [0.25, 0.3) is 9.40 Å². The molecular formula is C14H9BrF2OS2. The molecule has 2 aromatic heterocycles. The first kappa shape index (κ1) is 14.1. The summed E-state index contributed by atoms with van der Waals surface area (Å²) in [5, 5.41) is 12.2. The number of hydrogen-bond acceptors (Lipinski definition) is 3. The average molecular weight is 375 g/mol. The Hall–Kier alpha value is -0.820. The third kappa shape index (κ3) is 2.53. The Morgan fingerprint density at radius 1 is 1.20 bits per heavy atom. The van der Waals surface area contributed by atoms with Crippen LogP contribution >= 0.6 is 38.6 Å². The van der Waals surface area contributed by atoms with Crippen LogP contribution in [0.1, 0.15) is 16.5 Å². The van der Waals surface area contributed by atoms with Crippen LogP contribution in [0.5, 0.6) is 0 Å². The van der Waals surface area contributed by atoms with Gasteiger partial charge in [-0.1, -0.05) is 0 Å². The zero-order valence-corrected chi connectivity index (χ0v) is 13.3. The Morgan fingerprint density at radius 3 is 2.75 bits per heavy atom. The molecule has 0 amide bonds. The molecular weight excluding hydrogens is 366 g/mol.